The van der Waals surface area contributed by atoms with E-state index >= 15 is 0 Å². The lowest BCUT2D eigenvalue weighted by Gasteiger charge is -2.41. The molecule has 0 N–H and O–H groups in total. The summed E-state index contributed by atoms with van der Waals surface area (Å²) >= 11 is -0.104. The van der Waals surface area contributed by atoms with Crippen molar-refractivity contribution in [2.75, 3.05) is 6.61 Å². The Labute approximate surface area is 170 Å². The quantitative estimate of drug-likeness (QED) is 0.139. The highest BCUT2D eigenvalue weighted by Gasteiger charge is 2.91. The van der Waals surface area contributed by atoms with Crippen LogP contribution in [0.25, 0.3) is 0 Å². The van der Waals surface area contributed by atoms with Crippen LogP contribution in [-0.2, 0) is 9.53 Å². The Morgan fingerprint density at radius 2 is 1.10 bits per heavy atom. The van der Waals surface area contributed by atoms with Gasteiger partial charge >= 0.3 is 47.7 Å². The van der Waals surface area contributed by atoms with Crippen LogP contribution in [-0.4, -0.2) is 58.2 Å². The van der Waals surface area contributed by atoms with Crippen LogP contribution in [0.2, 0.25) is 0 Å². The van der Waals surface area contributed by atoms with Crippen LogP contribution < -0.4 is 0 Å². The first-order valence-corrected chi connectivity index (χ1v) is 8.25. The third kappa shape index (κ3) is 4.51. The van der Waals surface area contributed by atoms with E-state index in [4.69, 9.17) is 0 Å². The summed E-state index contributed by atoms with van der Waals surface area (Å²) in [5, 5.41) is 0. The molecule has 18 heteroatoms. The van der Waals surface area contributed by atoms with Gasteiger partial charge in [0.15, 0.2) is 0 Å². The lowest BCUT2D eigenvalue weighted by molar-refractivity contribution is -0.439. The second kappa shape index (κ2) is 8.25. The Balaban J connectivity index is 6.21. The van der Waals surface area contributed by atoms with Gasteiger partial charge in [-0.15, -0.1) is 0 Å². The van der Waals surface area contributed by atoms with Crippen molar-refractivity contribution in [1.82, 2.24) is 0 Å². The van der Waals surface area contributed by atoms with Crippen molar-refractivity contribution in [3.8, 4) is 0 Å². The largest absolute Gasteiger partial charge is 0.462 e. The molecule has 2 nitrogen and oxygen atoms in total. The Kier molecular flexibility index (Phi) is 8.02. The molecule has 180 valence electrons. The highest BCUT2D eigenvalue weighted by molar-refractivity contribution is 14.1. The first-order chi connectivity index (χ1) is 12.9. The van der Waals surface area contributed by atoms with Gasteiger partial charge in [0.1, 0.15) is 0 Å². The number of halogens is 16. The van der Waals surface area contributed by atoms with Gasteiger partial charge in [0.25, 0.3) is 0 Å². The van der Waals surface area contributed by atoms with Crippen LogP contribution >= 0.6 is 22.6 Å². The van der Waals surface area contributed by atoms with Crippen molar-refractivity contribution in [1.29, 1.82) is 0 Å². The minimum Gasteiger partial charge on any atom is -0.462 e. The van der Waals surface area contributed by atoms with Crippen LogP contribution in [0.3, 0.4) is 0 Å². The van der Waals surface area contributed by atoms with Gasteiger partial charge in [0.05, 0.1) is 10.5 Å². The predicted molar refractivity (Wildman–Crippen MR) is 74.8 cm³/mol. The highest BCUT2D eigenvalue weighted by Crippen LogP contribution is 2.61. The lowest BCUT2D eigenvalue weighted by Crippen LogP contribution is -2.71. The topological polar surface area (TPSA) is 26.3 Å². The highest BCUT2D eigenvalue weighted by atomic mass is 127. The van der Waals surface area contributed by atoms with Crippen molar-refractivity contribution in [2.45, 2.75) is 59.0 Å². The zero-order chi connectivity index (χ0) is 24.8. The number of esters is 1. The maximum absolute atomic E-state index is 13.7. The Morgan fingerprint density at radius 3 is 1.43 bits per heavy atom. The second-order valence-electron chi connectivity index (χ2n) is 5.51. The molecular formula is C12H8F15IO2. The molecule has 30 heavy (non-hydrogen) atoms. The average Bonchev–Trinajstić information content (AvgIpc) is 2.52. The predicted octanol–water partition coefficient (Wildman–Crippen LogP) is 6.12. The average molecular weight is 596 g/mol. The number of hydrogen-bond acceptors (Lipinski definition) is 2. The summed E-state index contributed by atoms with van der Waals surface area (Å²) in [5.74, 6) is -46.3. The molecule has 0 saturated carbocycles. The molecular weight excluding hydrogens is 588 g/mol. The lowest BCUT2D eigenvalue weighted by atomic mass is 9.91. The molecule has 0 spiro atoms. The first kappa shape index (κ1) is 29.1. The van der Waals surface area contributed by atoms with Gasteiger partial charge in [0, 0.05) is 6.42 Å². The van der Waals surface area contributed by atoms with Crippen LogP contribution in [0.5, 0.6) is 0 Å². The minimum absolute atomic E-state index is 0.104. The number of rotatable bonds is 9. The third-order valence-electron chi connectivity index (χ3n) is 3.36. The maximum Gasteiger partial charge on any atom is 0.460 e. The van der Waals surface area contributed by atoms with Gasteiger partial charge in [-0.1, -0.05) is 22.6 Å². The SMILES string of the molecule is CCOC(=O)C(F)(F)CC(I)C(F)(F)C(F)(F)C(F)(F)C(F)(F)C(F)(F)C(F)(F)F. The number of carbonyl (C=O) groups excluding carboxylic acids is 1. The van der Waals surface area contributed by atoms with Crippen molar-refractivity contribution in [2.24, 2.45) is 0 Å². The second-order valence-corrected chi connectivity index (χ2v) is 7.02. The van der Waals surface area contributed by atoms with Crippen LogP contribution in [0.15, 0.2) is 0 Å². The fourth-order valence-electron chi connectivity index (χ4n) is 1.65. The van der Waals surface area contributed by atoms with Gasteiger partial charge in [-0.3, -0.25) is 0 Å². The van der Waals surface area contributed by atoms with E-state index in [1.807, 2.05) is 0 Å². The fourth-order valence-corrected chi connectivity index (χ4v) is 2.60. The van der Waals surface area contributed by atoms with Crippen LogP contribution in [0, 0.1) is 0 Å². The molecule has 0 aliphatic carbocycles. The molecule has 0 radical (unpaired) electrons. The first-order valence-electron chi connectivity index (χ1n) is 7.01. The van der Waals surface area contributed by atoms with E-state index in [1.165, 1.54) is 0 Å². The molecule has 1 unspecified atom stereocenters. The standard InChI is InChI=1S/C12H8F15IO2/c1-2-30-5(29)6(13,14)3-4(28)7(15,16)8(17,18)9(19,20)10(21,22)11(23,24)12(25,26)27/h4H,2-3H2,1H3. The zero-order valence-corrected chi connectivity index (χ0v) is 16.0. The molecule has 0 saturated heterocycles. The third-order valence-corrected chi connectivity index (χ3v) is 4.58. The van der Waals surface area contributed by atoms with Gasteiger partial charge in [-0.2, -0.15) is 65.9 Å². The summed E-state index contributed by atoms with van der Waals surface area (Å²) < 4.78 is 195. The van der Waals surface area contributed by atoms with Crippen LogP contribution in [0.1, 0.15) is 13.3 Å². The summed E-state index contributed by atoms with van der Waals surface area (Å²) in [6.45, 7) is 0.144. The van der Waals surface area contributed by atoms with E-state index in [9.17, 15) is 70.7 Å². The molecule has 0 heterocycles. The van der Waals surface area contributed by atoms with E-state index < -0.39 is 64.6 Å². The van der Waals surface area contributed by atoms with Gasteiger partial charge < -0.3 is 4.74 Å². The van der Waals surface area contributed by atoms with Gasteiger partial charge in [-0.05, 0) is 6.92 Å². The summed E-state index contributed by atoms with van der Waals surface area (Å²) in [4.78, 5) is 10.9. The fraction of sp³-hybridized carbons (Fsp3) is 0.917. The zero-order valence-electron chi connectivity index (χ0n) is 13.9. The smallest absolute Gasteiger partial charge is 0.460 e. The molecule has 0 aliphatic rings. The monoisotopic (exact) mass is 596 g/mol. The minimum atomic E-state index is -8.13. The van der Waals surface area contributed by atoms with Crippen LogP contribution in [0.4, 0.5) is 65.9 Å². The van der Waals surface area contributed by atoms with Crippen molar-refractivity contribution in [3.05, 3.63) is 0 Å². The summed E-state index contributed by atoms with van der Waals surface area (Å²) in [6, 6.07) is 0. The van der Waals surface area contributed by atoms with E-state index in [0.717, 1.165) is 6.92 Å². The van der Waals surface area contributed by atoms with Gasteiger partial charge in [-0.25, -0.2) is 4.79 Å². The number of carbonyl (C=O) groups is 1. The normalized spacial score (nSPS) is 16.4. The number of hydrogen-bond donors (Lipinski definition) is 0. The van der Waals surface area contributed by atoms with E-state index in [-0.39, 0.29) is 22.6 Å². The number of ether oxygens (including phenoxy) is 1. The van der Waals surface area contributed by atoms with E-state index in [2.05, 4.69) is 4.74 Å². The summed E-state index contributed by atoms with van der Waals surface area (Å²) in [7, 11) is 0. The van der Waals surface area contributed by atoms with Gasteiger partial charge in [0.2, 0.25) is 0 Å². The molecule has 0 aromatic heterocycles. The van der Waals surface area contributed by atoms with E-state index in [0.29, 0.717) is 0 Å². The molecule has 0 amide bonds. The Hall–Kier alpha value is -0.850. The summed E-state index contributed by atoms with van der Waals surface area (Å²) in [6.07, 6.45) is -10.3. The summed E-state index contributed by atoms with van der Waals surface area (Å²) in [5.41, 5.74) is 0. The van der Waals surface area contributed by atoms with Crippen molar-refractivity contribution < 1.29 is 75.4 Å². The molecule has 0 bridgehead atoms. The van der Waals surface area contributed by atoms with Crippen molar-refractivity contribution in [3.63, 3.8) is 0 Å². The van der Waals surface area contributed by atoms with E-state index in [1.54, 1.807) is 0 Å². The van der Waals surface area contributed by atoms with Crippen molar-refractivity contribution >= 4 is 28.6 Å². The molecule has 0 fully saturated rings. The molecule has 0 aliphatic heterocycles. The molecule has 0 aromatic carbocycles. The Morgan fingerprint density at radius 1 is 0.733 bits per heavy atom. The molecule has 0 rings (SSSR count). The maximum atomic E-state index is 13.7. The molecule has 1 atom stereocenters. The molecule has 0 aromatic rings. The number of alkyl halides is 16. The Bertz CT molecular complexity index is 628.